The average Bonchev–Trinajstić information content (AvgIpc) is 3.31. The number of benzene rings is 1. The van der Waals surface area contributed by atoms with Crippen molar-refractivity contribution in [2.75, 3.05) is 13.2 Å². The third kappa shape index (κ3) is 5.64. The van der Waals surface area contributed by atoms with Gasteiger partial charge >= 0.3 is 6.61 Å². The summed E-state index contributed by atoms with van der Waals surface area (Å²) in [6.45, 7) is 0.0992. The minimum atomic E-state index is -2.88. The van der Waals surface area contributed by atoms with E-state index >= 15 is 0 Å². The van der Waals surface area contributed by atoms with E-state index in [0.717, 1.165) is 31.2 Å². The van der Waals surface area contributed by atoms with Crippen molar-refractivity contribution >= 4 is 17.7 Å². The molecule has 2 heterocycles. The van der Waals surface area contributed by atoms with Gasteiger partial charge in [0.25, 0.3) is 5.22 Å². The van der Waals surface area contributed by atoms with Crippen molar-refractivity contribution in [1.82, 2.24) is 15.5 Å². The maximum absolute atomic E-state index is 12.2. The Hall–Kier alpha value is -2.20. The van der Waals surface area contributed by atoms with Crippen LogP contribution < -0.4 is 10.1 Å². The molecule has 7 nitrogen and oxygen atoms in total. The summed E-state index contributed by atoms with van der Waals surface area (Å²) >= 11 is 1.14. The summed E-state index contributed by atoms with van der Waals surface area (Å²) in [7, 11) is 0. The molecule has 2 atom stereocenters. The number of nitrogens with zero attached hydrogens (tertiary/aromatic N) is 2. The Kier molecular flexibility index (Phi) is 6.62. The lowest BCUT2D eigenvalue weighted by Gasteiger charge is -2.13. The molecule has 0 unspecified atom stereocenters. The van der Waals surface area contributed by atoms with E-state index in [4.69, 9.17) is 9.15 Å². The second-order valence-electron chi connectivity index (χ2n) is 5.92. The van der Waals surface area contributed by atoms with Gasteiger partial charge in [0.1, 0.15) is 5.75 Å². The Morgan fingerprint density at radius 1 is 1.37 bits per heavy atom. The van der Waals surface area contributed by atoms with Gasteiger partial charge < -0.3 is 19.2 Å². The standard InChI is InChI=1S/C17H19F2N3O4S/c1-10(14(23)20-9-13-3-2-8-24-13)27-17-22-21-15(26-17)11-4-6-12(7-5-11)25-16(18)19/h4-7,10,13,16H,2-3,8-9H2,1H3,(H,20,23)/t10-,13+/m0/s1. The van der Waals surface area contributed by atoms with Crippen LogP contribution in [0.15, 0.2) is 33.9 Å². The van der Waals surface area contributed by atoms with Crippen molar-refractivity contribution in [2.24, 2.45) is 0 Å². The minimum absolute atomic E-state index is 0.0411. The first kappa shape index (κ1) is 19.6. The molecule has 0 saturated carbocycles. The highest BCUT2D eigenvalue weighted by atomic mass is 32.2. The molecule has 1 saturated heterocycles. The second kappa shape index (κ2) is 9.14. The van der Waals surface area contributed by atoms with E-state index < -0.39 is 11.9 Å². The Morgan fingerprint density at radius 2 is 2.15 bits per heavy atom. The van der Waals surface area contributed by atoms with Gasteiger partial charge in [-0.3, -0.25) is 4.79 Å². The molecular formula is C17H19F2N3O4S. The molecule has 10 heteroatoms. The summed E-state index contributed by atoms with van der Waals surface area (Å²) in [5.41, 5.74) is 0.562. The maximum atomic E-state index is 12.2. The highest BCUT2D eigenvalue weighted by Gasteiger charge is 2.21. The zero-order valence-electron chi connectivity index (χ0n) is 14.6. The fourth-order valence-electron chi connectivity index (χ4n) is 2.52. The van der Waals surface area contributed by atoms with E-state index in [0.29, 0.717) is 12.1 Å². The Balaban J connectivity index is 1.52. The zero-order valence-corrected chi connectivity index (χ0v) is 15.4. The van der Waals surface area contributed by atoms with Crippen LogP contribution in [0.3, 0.4) is 0 Å². The molecule has 0 bridgehead atoms. The van der Waals surface area contributed by atoms with Gasteiger partial charge in [-0.2, -0.15) is 8.78 Å². The zero-order chi connectivity index (χ0) is 19.2. The van der Waals surface area contributed by atoms with E-state index in [1.807, 2.05) is 0 Å². The first-order valence-corrected chi connectivity index (χ1v) is 9.34. The molecule has 1 aliphatic rings. The van der Waals surface area contributed by atoms with Gasteiger partial charge in [-0.05, 0) is 44.0 Å². The molecule has 1 aromatic carbocycles. The smallest absolute Gasteiger partial charge is 0.387 e. The summed E-state index contributed by atoms with van der Waals surface area (Å²) in [6, 6.07) is 5.86. The predicted molar refractivity (Wildman–Crippen MR) is 93.7 cm³/mol. The molecule has 27 heavy (non-hydrogen) atoms. The Bertz CT molecular complexity index is 751. The SMILES string of the molecule is C[C@H](Sc1nnc(-c2ccc(OC(F)F)cc2)o1)C(=O)NC[C@H]1CCCO1. The van der Waals surface area contributed by atoms with Crippen LogP contribution in [0.2, 0.25) is 0 Å². The molecule has 0 aliphatic carbocycles. The van der Waals surface area contributed by atoms with Crippen LogP contribution in [0.4, 0.5) is 8.78 Å². The average molecular weight is 399 g/mol. The molecule has 1 aliphatic heterocycles. The normalized spacial score (nSPS) is 17.9. The fourth-order valence-corrected chi connectivity index (χ4v) is 3.23. The lowest BCUT2D eigenvalue weighted by Crippen LogP contribution is -2.36. The Morgan fingerprint density at radius 3 is 2.81 bits per heavy atom. The van der Waals surface area contributed by atoms with E-state index in [9.17, 15) is 13.6 Å². The van der Waals surface area contributed by atoms with Crippen molar-refractivity contribution in [3.05, 3.63) is 24.3 Å². The van der Waals surface area contributed by atoms with E-state index in [1.54, 1.807) is 6.92 Å². The number of nitrogens with one attached hydrogen (secondary N) is 1. The van der Waals surface area contributed by atoms with Crippen molar-refractivity contribution in [2.45, 2.75) is 43.0 Å². The van der Waals surface area contributed by atoms with Gasteiger partial charge in [0.15, 0.2) is 0 Å². The van der Waals surface area contributed by atoms with Gasteiger partial charge in [0.05, 0.1) is 11.4 Å². The van der Waals surface area contributed by atoms with Crippen LogP contribution in [0.25, 0.3) is 11.5 Å². The topological polar surface area (TPSA) is 86.5 Å². The lowest BCUT2D eigenvalue weighted by atomic mass is 10.2. The molecule has 2 aromatic rings. The molecule has 1 aromatic heterocycles. The van der Waals surface area contributed by atoms with E-state index in [2.05, 4.69) is 20.3 Å². The highest BCUT2D eigenvalue weighted by molar-refractivity contribution is 8.00. The van der Waals surface area contributed by atoms with Gasteiger partial charge in [-0.1, -0.05) is 11.8 Å². The third-order valence-corrected chi connectivity index (χ3v) is 4.84. The van der Waals surface area contributed by atoms with Crippen LogP contribution in [0.5, 0.6) is 5.75 Å². The second-order valence-corrected chi connectivity index (χ2v) is 7.21. The van der Waals surface area contributed by atoms with Gasteiger partial charge in [-0.15, -0.1) is 10.2 Å². The molecule has 3 rings (SSSR count). The first-order chi connectivity index (χ1) is 13.0. The largest absolute Gasteiger partial charge is 0.435 e. The number of carbonyl (C=O) groups is 1. The van der Waals surface area contributed by atoms with Crippen LogP contribution in [0.1, 0.15) is 19.8 Å². The number of halogens is 2. The summed E-state index contributed by atoms with van der Waals surface area (Å²) in [4.78, 5) is 12.2. The third-order valence-electron chi connectivity index (χ3n) is 3.91. The van der Waals surface area contributed by atoms with Crippen molar-refractivity contribution in [1.29, 1.82) is 0 Å². The number of amides is 1. The lowest BCUT2D eigenvalue weighted by molar-refractivity contribution is -0.120. The Labute approximate surface area is 158 Å². The number of alkyl halides is 2. The maximum Gasteiger partial charge on any atom is 0.387 e. The van der Waals surface area contributed by atoms with Gasteiger partial charge in [0.2, 0.25) is 11.8 Å². The highest BCUT2D eigenvalue weighted by Crippen LogP contribution is 2.27. The number of aromatic nitrogens is 2. The molecule has 1 N–H and O–H groups in total. The van der Waals surface area contributed by atoms with Gasteiger partial charge in [-0.25, -0.2) is 0 Å². The molecule has 0 radical (unpaired) electrons. The molecule has 1 amide bonds. The predicted octanol–water partition coefficient (Wildman–Crippen LogP) is 3.11. The van der Waals surface area contributed by atoms with Crippen LogP contribution >= 0.6 is 11.8 Å². The summed E-state index contributed by atoms with van der Waals surface area (Å²) in [5.74, 6) is 0.135. The molecular weight excluding hydrogens is 380 g/mol. The summed E-state index contributed by atoms with van der Waals surface area (Å²) in [6.07, 6.45) is 2.05. The van der Waals surface area contributed by atoms with Crippen LogP contribution in [-0.2, 0) is 9.53 Å². The van der Waals surface area contributed by atoms with Crippen molar-refractivity contribution in [3.63, 3.8) is 0 Å². The molecule has 1 fully saturated rings. The van der Waals surface area contributed by atoms with E-state index in [1.165, 1.54) is 24.3 Å². The monoisotopic (exact) mass is 399 g/mol. The number of ether oxygens (including phenoxy) is 2. The molecule has 146 valence electrons. The number of hydrogen-bond donors (Lipinski definition) is 1. The summed E-state index contributed by atoms with van der Waals surface area (Å²) < 4.78 is 39.6. The number of rotatable bonds is 8. The van der Waals surface area contributed by atoms with Crippen LogP contribution in [0, 0.1) is 0 Å². The van der Waals surface area contributed by atoms with Crippen LogP contribution in [-0.4, -0.2) is 47.2 Å². The van der Waals surface area contributed by atoms with Crippen molar-refractivity contribution < 1.29 is 27.5 Å². The van der Waals surface area contributed by atoms with E-state index in [-0.39, 0.29) is 28.9 Å². The fraction of sp³-hybridized carbons (Fsp3) is 0.471. The summed E-state index contributed by atoms with van der Waals surface area (Å²) in [5, 5.41) is 10.5. The minimum Gasteiger partial charge on any atom is -0.435 e. The quantitative estimate of drug-likeness (QED) is 0.683. The number of thioether (sulfide) groups is 1. The van der Waals surface area contributed by atoms with Gasteiger partial charge in [0, 0.05) is 18.7 Å². The number of carbonyl (C=O) groups excluding carboxylic acids is 1. The molecule has 0 spiro atoms. The first-order valence-electron chi connectivity index (χ1n) is 8.46. The van der Waals surface area contributed by atoms with Crippen molar-refractivity contribution in [3.8, 4) is 17.2 Å². The number of hydrogen-bond acceptors (Lipinski definition) is 7.